The molecule has 0 aliphatic rings. The first kappa shape index (κ1) is 17.0. The third kappa shape index (κ3) is 3.96. The molecule has 4 N–H and O–H groups in total. The van der Waals surface area contributed by atoms with E-state index in [9.17, 15) is 19.8 Å². The second kappa shape index (κ2) is 7.35. The number of amides is 2. The van der Waals surface area contributed by atoms with Crippen molar-refractivity contribution in [2.45, 2.75) is 0 Å². The fraction of sp³-hybridized carbons (Fsp3) is 0. The van der Waals surface area contributed by atoms with Crippen LogP contribution in [0.1, 0.15) is 20.7 Å². The van der Waals surface area contributed by atoms with Gasteiger partial charge in [0.1, 0.15) is 11.5 Å². The normalized spacial score (nSPS) is 10.2. The molecular weight excluding hydrogens is 334 g/mol. The Labute approximate surface area is 149 Å². The summed E-state index contributed by atoms with van der Waals surface area (Å²) >= 11 is 0. The SMILES string of the molecule is O=C(Nc1ccccc1NC(=O)c1cc(O)cc(O)c1)c1cccnc1. The summed E-state index contributed by atoms with van der Waals surface area (Å²) < 4.78 is 0. The molecule has 0 aliphatic heterocycles. The summed E-state index contributed by atoms with van der Waals surface area (Å²) in [6.45, 7) is 0. The van der Waals surface area contributed by atoms with E-state index in [1.165, 1.54) is 18.3 Å². The van der Waals surface area contributed by atoms with Crippen molar-refractivity contribution in [2.75, 3.05) is 10.6 Å². The summed E-state index contributed by atoms with van der Waals surface area (Å²) in [5.74, 6) is -1.37. The van der Waals surface area contributed by atoms with E-state index in [0.29, 0.717) is 16.9 Å². The van der Waals surface area contributed by atoms with Crippen molar-refractivity contribution in [1.29, 1.82) is 0 Å². The summed E-state index contributed by atoms with van der Waals surface area (Å²) in [5.41, 5.74) is 1.24. The van der Waals surface area contributed by atoms with Crippen LogP contribution in [-0.4, -0.2) is 27.0 Å². The van der Waals surface area contributed by atoms with Gasteiger partial charge in [-0.2, -0.15) is 0 Å². The molecule has 1 heterocycles. The first-order valence-corrected chi connectivity index (χ1v) is 7.68. The Hall–Kier alpha value is -3.87. The zero-order valence-electron chi connectivity index (χ0n) is 13.5. The second-order valence-corrected chi connectivity index (χ2v) is 5.43. The lowest BCUT2D eigenvalue weighted by molar-refractivity contribution is 0.101. The number of hydrogen-bond acceptors (Lipinski definition) is 5. The predicted octanol–water partition coefficient (Wildman–Crippen LogP) is 3.00. The highest BCUT2D eigenvalue weighted by Gasteiger charge is 2.13. The minimum Gasteiger partial charge on any atom is -0.508 e. The van der Waals surface area contributed by atoms with Crippen LogP contribution in [0.5, 0.6) is 11.5 Å². The molecule has 2 aromatic carbocycles. The van der Waals surface area contributed by atoms with Crippen LogP contribution in [0.25, 0.3) is 0 Å². The van der Waals surface area contributed by atoms with Gasteiger partial charge in [-0.3, -0.25) is 14.6 Å². The molecule has 2 amide bonds. The van der Waals surface area contributed by atoms with Gasteiger partial charge in [-0.1, -0.05) is 12.1 Å². The number of nitrogens with one attached hydrogen (secondary N) is 2. The number of rotatable bonds is 4. The van der Waals surface area contributed by atoms with Gasteiger partial charge in [0.15, 0.2) is 0 Å². The first-order chi connectivity index (χ1) is 12.5. The van der Waals surface area contributed by atoms with Crippen molar-refractivity contribution in [2.24, 2.45) is 0 Å². The lowest BCUT2D eigenvalue weighted by Gasteiger charge is -2.12. The topological polar surface area (TPSA) is 112 Å². The zero-order chi connectivity index (χ0) is 18.5. The number of nitrogens with zero attached hydrogens (tertiary/aromatic N) is 1. The zero-order valence-corrected chi connectivity index (χ0v) is 13.5. The van der Waals surface area contributed by atoms with Crippen LogP contribution in [0, 0.1) is 0 Å². The Balaban J connectivity index is 1.81. The van der Waals surface area contributed by atoms with Gasteiger partial charge >= 0.3 is 0 Å². The molecule has 0 spiro atoms. The minimum atomic E-state index is -0.542. The van der Waals surface area contributed by atoms with Crippen LogP contribution in [-0.2, 0) is 0 Å². The fourth-order valence-electron chi connectivity index (χ4n) is 2.31. The molecule has 0 bridgehead atoms. The molecule has 0 aliphatic carbocycles. The Bertz CT molecular complexity index is 938. The Morgan fingerprint density at radius 3 is 1.88 bits per heavy atom. The molecule has 26 heavy (non-hydrogen) atoms. The third-order valence-corrected chi connectivity index (χ3v) is 3.51. The lowest BCUT2D eigenvalue weighted by Crippen LogP contribution is -2.16. The number of benzene rings is 2. The van der Waals surface area contributed by atoms with Gasteiger partial charge in [-0.15, -0.1) is 0 Å². The van der Waals surface area contributed by atoms with Crippen LogP contribution >= 0.6 is 0 Å². The predicted molar refractivity (Wildman–Crippen MR) is 96.4 cm³/mol. The molecule has 0 radical (unpaired) electrons. The monoisotopic (exact) mass is 349 g/mol. The number of anilines is 2. The van der Waals surface area contributed by atoms with Crippen molar-refractivity contribution in [3.63, 3.8) is 0 Å². The van der Waals surface area contributed by atoms with Crippen LogP contribution in [0.3, 0.4) is 0 Å². The Morgan fingerprint density at radius 2 is 1.35 bits per heavy atom. The van der Waals surface area contributed by atoms with Gasteiger partial charge in [0, 0.05) is 24.0 Å². The molecule has 0 saturated carbocycles. The van der Waals surface area contributed by atoms with Gasteiger partial charge in [0.05, 0.1) is 16.9 Å². The Kier molecular flexibility index (Phi) is 4.80. The van der Waals surface area contributed by atoms with E-state index in [0.717, 1.165) is 6.07 Å². The third-order valence-electron chi connectivity index (χ3n) is 3.51. The van der Waals surface area contributed by atoms with Crippen molar-refractivity contribution in [3.05, 3.63) is 78.1 Å². The van der Waals surface area contributed by atoms with E-state index in [-0.39, 0.29) is 23.0 Å². The largest absolute Gasteiger partial charge is 0.508 e. The van der Waals surface area contributed by atoms with Crippen molar-refractivity contribution in [3.8, 4) is 11.5 Å². The number of carbonyl (C=O) groups excluding carboxylic acids is 2. The van der Waals surface area contributed by atoms with Gasteiger partial charge in [0.2, 0.25) is 0 Å². The van der Waals surface area contributed by atoms with Crippen molar-refractivity contribution >= 4 is 23.2 Å². The second-order valence-electron chi connectivity index (χ2n) is 5.43. The summed E-state index contributed by atoms with van der Waals surface area (Å²) in [5, 5.41) is 24.4. The van der Waals surface area contributed by atoms with Crippen molar-refractivity contribution < 1.29 is 19.8 Å². The highest BCUT2D eigenvalue weighted by Crippen LogP contribution is 2.25. The van der Waals surface area contributed by atoms with E-state index in [1.54, 1.807) is 42.6 Å². The highest BCUT2D eigenvalue weighted by molar-refractivity contribution is 6.10. The standard InChI is InChI=1S/C19H15N3O4/c23-14-8-13(9-15(24)10-14)19(26)22-17-6-2-1-5-16(17)21-18(25)12-4-3-7-20-11-12/h1-11,23-24H,(H,21,25)(H,22,26). The van der Waals surface area contributed by atoms with Gasteiger partial charge in [0.25, 0.3) is 11.8 Å². The van der Waals surface area contributed by atoms with Gasteiger partial charge < -0.3 is 20.8 Å². The molecule has 3 aromatic rings. The van der Waals surface area contributed by atoms with Gasteiger partial charge in [-0.25, -0.2) is 0 Å². The quantitative estimate of drug-likeness (QED) is 0.578. The molecule has 0 unspecified atom stereocenters. The minimum absolute atomic E-state index is 0.0795. The lowest BCUT2D eigenvalue weighted by atomic mass is 10.1. The van der Waals surface area contributed by atoms with Crippen LogP contribution in [0.2, 0.25) is 0 Å². The maximum atomic E-state index is 12.4. The number of aromatic hydroxyl groups is 2. The van der Waals surface area contributed by atoms with E-state index < -0.39 is 5.91 Å². The molecule has 130 valence electrons. The Morgan fingerprint density at radius 1 is 0.769 bits per heavy atom. The number of aromatic nitrogens is 1. The summed E-state index contributed by atoms with van der Waals surface area (Å²) in [6, 6.07) is 13.5. The summed E-state index contributed by atoms with van der Waals surface area (Å²) in [6.07, 6.45) is 3.00. The molecule has 7 nitrogen and oxygen atoms in total. The van der Waals surface area contributed by atoms with E-state index in [2.05, 4.69) is 15.6 Å². The fourth-order valence-corrected chi connectivity index (χ4v) is 2.31. The maximum absolute atomic E-state index is 12.4. The average Bonchev–Trinajstić information content (AvgIpc) is 2.63. The molecule has 3 rings (SSSR count). The van der Waals surface area contributed by atoms with E-state index >= 15 is 0 Å². The van der Waals surface area contributed by atoms with Crippen LogP contribution in [0.15, 0.2) is 67.0 Å². The summed E-state index contributed by atoms with van der Waals surface area (Å²) in [7, 11) is 0. The average molecular weight is 349 g/mol. The maximum Gasteiger partial charge on any atom is 0.257 e. The number of phenolic OH excluding ortho intramolecular Hbond substituents is 2. The molecule has 1 aromatic heterocycles. The number of phenols is 2. The van der Waals surface area contributed by atoms with Crippen molar-refractivity contribution in [1.82, 2.24) is 4.98 Å². The van der Waals surface area contributed by atoms with Crippen LogP contribution < -0.4 is 10.6 Å². The van der Waals surface area contributed by atoms with E-state index in [1.807, 2.05) is 0 Å². The highest BCUT2D eigenvalue weighted by atomic mass is 16.3. The smallest absolute Gasteiger partial charge is 0.257 e. The number of para-hydroxylation sites is 2. The summed E-state index contributed by atoms with van der Waals surface area (Å²) in [4.78, 5) is 28.5. The number of hydrogen-bond donors (Lipinski definition) is 4. The molecule has 7 heteroatoms. The van der Waals surface area contributed by atoms with Crippen LogP contribution in [0.4, 0.5) is 11.4 Å². The van der Waals surface area contributed by atoms with E-state index in [4.69, 9.17) is 0 Å². The molecule has 0 fully saturated rings. The molecular formula is C19H15N3O4. The van der Waals surface area contributed by atoms with Gasteiger partial charge in [-0.05, 0) is 36.4 Å². The first-order valence-electron chi connectivity index (χ1n) is 7.68. The molecule has 0 atom stereocenters. The number of carbonyl (C=O) groups is 2. The molecule has 0 saturated heterocycles. The number of pyridine rings is 1.